The van der Waals surface area contributed by atoms with Crippen molar-refractivity contribution in [2.24, 2.45) is 0 Å². The summed E-state index contributed by atoms with van der Waals surface area (Å²) in [5, 5.41) is 0.795. The number of nitrogens with zero attached hydrogens (tertiary/aromatic N) is 1. The molecule has 1 heterocycles. The topological polar surface area (TPSA) is 68.3 Å². The Hall–Kier alpha value is -2.43. The summed E-state index contributed by atoms with van der Waals surface area (Å²) in [6.07, 6.45) is -4.84. The Balaban J connectivity index is 1.73. The summed E-state index contributed by atoms with van der Waals surface area (Å²) in [5.74, 6) is -0.488. The van der Waals surface area contributed by atoms with Gasteiger partial charge >= 0.3 is 6.36 Å². The Morgan fingerprint density at radius 2 is 1.72 bits per heavy atom. The van der Waals surface area contributed by atoms with Gasteiger partial charge in [-0.15, -0.1) is 24.5 Å². The van der Waals surface area contributed by atoms with E-state index in [2.05, 4.69) is 14.4 Å². The second-order valence-corrected chi connectivity index (χ2v) is 9.04. The molecule has 0 aliphatic rings. The van der Waals surface area contributed by atoms with Crippen LogP contribution in [0.25, 0.3) is 10.6 Å². The molecule has 0 bridgehead atoms. The number of halogens is 3. The highest BCUT2D eigenvalue weighted by Gasteiger charge is 2.31. The molecule has 0 fully saturated rings. The first kappa shape index (κ1) is 21.3. The van der Waals surface area contributed by atoms with Crippen LogP contribution in [0.1, 0.15) is 16.1 Å². The molecule has 3 rings (SSSR count). The molecule has 10 heteroatoms. The lowest BCUT2D eigenvalue weighted by Crippen LogP contribution is -2.23. The molecular formula is C19H17F3N2O3S2. The van der Waals surface area contributed by atoms with E-state index in [4.69, 9.17) is 0 Å². The average Bonchev–Trinajstić information content (AvgIpc) is 3.00. The summed E-state index contributed by atoms with van der Waals surface area (Å²) < 4.78 is 67.8. The molecule has 0 aliphatic heterocycles. The number of rotatable bonds is 6. The number of ether oxygens (including phenoxy) is 1. The Bertz CT molecular complexity index is 1110. The number of benzene rings is 2. The Labute approximate surface area is 170 Å². The summed E-state index contributed by atoms with van der Waals surface area (Å²) in [7, 11) is -3.91. The lowest BCUT2D eigenvalue weighted by Gasteiger charge is -2.10. The zero-order chi connectivity index (χ0) is 21.2. The van der Waals surface area contributed by atoms with Crippen LogP contribution in [0.3, 0.4) is 0 Å². The largest absolute Gasteiger partial charge is 0.573 e. The predicted molar refractivity (Wildman–Crippen MR) is 104 cm³/mol. The van der Waals surface area contributed by atoms with Gasteiger partial charge in [0.05, 0.1) is 10.6 Å². The molecule has 0 amide bonds. The molecule has 0 saturated carbocycles. The maximum atomic E-state index is 12.5. The first-order valence-corrected chi connectivity index (χ1v) is 10.7. The van der Waals surface area contributed by atoms with Crippen molar-refractivity contribution in [1.29, 1.82) is 0 Å². The number of hydrogen-bond acceptors (Lipinski definition) is 5. The number of aromatic nitrogens is 1. The quantitative estimate of drug-likeness (QED) is 0.595. The molecule has 154 valence electrons. The first-order chi connectivity index (χ1) is 13.5. The Morgan fingerprint density at radius 3 is 2.34 bits per heavy atom. The number of alkyl halides is 3. The first-order valence-electron chi connectivity index (χ1n) is 8.43. The smallest absolute Gasteiger partial charge is 0.406 e. The van der Waals surface area contributed by atoms with Crippen LogP contribution in [0.2, 0.25) is 0 Å². The number of aryl methyl sites for hydroxylation is 2. The van der Waals surface area contributed by atoms with Crippen molar-refractivity contribution < 1.29 is 26.3 Å². The van der Waals surface area contributed by atoms with Crippen molar-refractivity contribution in [2.75, 3.05) is 0 Å². The van der Waals surface area contributed by atoms with Crippen LogP contribution < -0.4 is 9.46 Å². The monoisotopic (exact) mass is 442 g/mol. The third-order valence-electron chi connectivity index (χ3n) is 4.06. The van der Waals surface area contributed by atoms with Crippen molar-refractivity contribution in [1.82, 2.24) is 9.71 Å². The van der Waals surface area contributed by atoms with Gasteiger partial charge in [0.25, 0.3) is 0 Å². The number of thiazole rings is 1. The summed E-state index contributed by atoms with van der Waals surface area (Å²) in [4.78, 5) is 5.12. The van der Waals surface area contributed by atoms with Crippen molar-refractivity contribution in [3.8, 4) is 16.3 Å². The standard InChI is InChI=1S/C19H17F3N2O3S2/c1-12-5-3-4-6-16(12)18-24-13(2)17(28-18)11-23-29(25,26)15-9-7-14(8-10-15)27-19(20,21)22/h3-10,23H,11H2,1-2H3. The zero-order valence-electron chi connectivity index (χ0n) is 15.4. The zero-order valence-corrected chi connectivity index (χ0v) is 17.1. The fourth-order valence-corrected chi connectivity index (χ4v) is 4.76. The molecule has 29 heavy (non-hydrogen) atoms. The molecule has 1 N–H and O–H groups in total. The maximum Gasteiger partial charge on any atom is 0.573 e. The van der Waals surface area contributed by atoms with Crippen LogP contribution >= 0.6 is 11.3 Å². The lowest BCUT2D eigenvalue weighted by molar-refractivity contribution is -0.274. The van der Waals surface area contributed by atoms with E-state index in [-0.39, 0.29) is 11.4 Å². The predicted octanol–water partition coefficient (Wildman–Crippen LogP) is 4.80. The maximum absolute atomic E-state index is 12.5. The lowest BCUT2D eigenvalue weighted by atomic mass is 10.1. The van der Waals surface area contributed by atoms with Gasteiger partial charge in [-0.05, 0) is 43.7 Å². The van der Waals surface area contributed by atoms with Crippen molar-refractivity contribution >= 4 is 21.4 Å². The average molecular weight is 442 g/mol. The summed E-state index contributed by atoms with van der Waals surface area (Å²) in [6.45, 7) is 3.80. The highest BCUT2D eigenvalue weighted by atomic mass is 32.2. The Morgan fingerprint density at radius 1 is 1.07 bits per heavy atom. The van der Waals surface area contributed by atoms with Crippen molar-refractivity contribution in [3.05, 3.63) is 64.7 Å². The van der Waals surface area contributed by atoms with Gasteiger partial charge in [-0.25, -0.2) is 18.1 Å². The van der Waals surface area contributed by atoms with Gasteiger partial charge < -0.3 is 4.74 Å². The molecule has 0 saturated heterocycles. The van der Waals surface area contributed by atoms with E-state index in [0.29, 0.717) is 5.69 Å². The highest BCUT2D eigenvalue weighted by Crippen LogP contribution is 2.30. The normalized spacial score (nSPS) is 12.2. The van der Waals surface area contributed by atoms with Crippen molar-refractivity contribution in [3.63, 3.8) is 0 Å². The van der Waals surface area contributed by atoms with Crippen LogP contribution in [0, 0.1) is 13.8 Å². The van der Waals surface area contributed by atoms with Gasteiger partial charge in [0.15, 0.2) is 0 Å². The van der Waals surface area contributed by atoms with E-state index >= 15 is 0 Å². The van der Waals surface area contributed by atoms with E-state index in [9.17, 15) is 21.6 Å². The molecule has 0 atom stereocenters. The minimum Gasteiger partial charge on any atom is -0.406 e. The van der Waals surface area contributed by atoms with Gasteiger partial charge in [0.1, 0.15) is 10.8 Å². The van der Waals surface area contributed by atoms with Gasteiger partial charge in [-0.2, -0.15) is 0 Å². The third kappa shape index (κ3) is 5.34. The summed E-state index contributed by atoms with van der Waals surface area (Å²) in [6, 6.07) is 11.8. The molecule has 0 unspecified atom stereocenters. The van der Waals surface area contributed by atoms with Crippen LogP contribution in [-0.2, 0) is 16.6 Å². The fraction of sp³-hybridized carbons (Fsp3) is 0.211. The van der Waals surface area contributed by atoms with Crippen LogP contribution in [-0.4, -0.2) is 19.8 Å². The van der Waals surface area contributed by atoms with Crippen LogP contribution in [0.4, 0.5) is 13.2 Å². The van der Waals surface area contributed by atoms with Crippen molar-refractivity contribution in [2.45, 2.75) is 31.7 Å². The van der Waals surface area contributed by atoms with Crippen LogP contribution in [0.15, 0.2) is 53.4 Å². The van der Waals surface area contributed by atoms with Gasteiger partial charge in [-0.3, -0.25) is 0 Å². The second kappa shape index (κ2) is 8.13. The van der Waals surface area contributed by atoms with Crippen LogP contribution in [0.5, 0.6) is 5.75 Å². The molecular weight excluding hydrogens is 425 g/mol. The van der Waals surface area contributed by atoms with E-state index in [1.165, 1.54) is 11.3 Å². The molecule has 2 aromatic carbocycles. The van der Waals surface area contributed by atoms with E-state index in [0.717, 1.165) is 45.3 Å². The number of hydrogen-bond donors (Lipinski definition) is 1. The summed E-state index contributed by atoms with van der Waals surface area (Å²) in [5.41, 5.74) is 2.76. The van der Waals surface area contributed by atoms with E-state index in [1.807, 2.05) is 31.2 Å². The molecule has 0 aliphatic carbocycles. The molecule has 0 radical (unpaired) electrons. The van der Waals surface area contributed by atoms with Gasteiger partial charge in [0.2, 0.25) is 10.0 Å². The Kier molecular flexibility index (Phi) is 5.97. The van der Waals surface area contributed by atoms with E-state index in [1.54, 1.807) is 6.92 Å². The number of sulfonamides is 1. The molecule has 3 aromatic rings. The SMILES string of the molecule is Cc1ccccc1-c1nc(C)c(CNS(=O)(=O)c2ccc(OC(F)(F)F)cc2)s1. The van der Waals surface area contributed by atoms with Gasteiger partial charge in [0, 0.05) is 17.0 Å². The molecule has 1 aromatic heterocycles. The minimum absolute atomic E-state index is 0.0263. The fourth-order valence-electron chi connectivity index (χ4n) is 2.58. The highest BCUT2D eigenvalue weighted by molar-refractivity contribution is 7.89. The van der Waals surface area contributed by atoms with E-state index < -0.39 is 22.1 Å². The third-order valence-corrected chi connectivity index (χ3v) is 6.67. The number of nitrogens with one attached hydrogen (secondary N) is 1. The van der Waals surface area contributed by atoms with Gasteiger partial charge in [-0.1, -0.05) is 24.3 Å². The summed E-state index contributed by atoms with van der Waals surface area (Å²) >= 11 is 1.39. The minimum atomic E-state index is -4.84. The molecule has 0 spiro atoms. The second-order valence-electron chi connectivity index (χ2n) is 6.19. The molecule has 5 nitrogen and oxygen atoms in total.